The number of benzene rings is 1. The third-order valence-corrected chi connectivity index (χ3v) is 24.6. The molecule has 8 fully saturated rings. The zero-order valence-corrected chi connectivity index (χ0v) is 63.7. The van der Waals surface area contributed by atoms with Crippen LogP contribution >= 0.6 is 0 Å². The summed E-state index contributed by atoms with van der Waals surface area (Å²) < 4.78 is 0. The first-order valence-electron chi connectivity index (χ1n) is 38.7. The van der Waals surface area contributed by atoms with Gasteiger partial charge >= 0.3 is 12.1 Å². The maximum absolute atomic E-state index is 14.9. The minimum absolute atomic E-state index is 0.0223. The highest BCUT2D eigenvalue weighted by atomic mass is 16.2. The molecule has 0 spiro atoms. The smallest absolute Gasteiger partial charge is 0.315 e. The number of urea groups is 2. The summed E-state index contributed by atoms with van der Waals surface area (Å²) in [6.45, 7) is 31.4. The number of ketones is 2. The number of rotatable bonds is 27. The van der Waals surface area contributed by atoms with Gasteiger partial charge in [-0.3, -0.25) is 47.9 Å². The van der Waals surface area contributed by atoms with E-state index in [-0.39, 0.29) is 93.0 Å². The summed E-state index contributed by atoms with van der Waals surface area (Å²) in [5.41, 5.74) is 0.679. The van der Waals surface area contributed by atoms with Gasteiger partial charge < -0.3 is 62.1 Å². The van der Waals surface area contributed by atoms with Crippen LogP contribution in [0.15, 0.2) is 24.3 Å². The number of nitrogens with one attached hydrogen (secondary N) is 8. The second-order valence-electron chi connectivity index (χ2n) is 34.9. The van der Waals surface area contributed by atoms with Gasteiger partial charge in [-0.25, -0.2) is 9.59 Å². The van der Waals surface area contributed by atoms with E-state index in [1.165, 1.54) is 0 Å². The fourth-order valence-electron chi connectivity index (χ4n) is 17.5. The summed E-state index contributed by atoms with van der Waals surface area (Å²) in [6, 6.07) is 0.993. The van der Waals surface area contributed by atoms with E-state index in [0.717, 1.165) is 88.2 Å². The maximum Gasteiger partial charge on any atom is 0.315 e. The molecule has 5 aliphatic carbocycles. The Hall–Kier alpha value is -7.14. The normalized spacial score (nSPS) is 25.6. The summed E-state index contributed by atoms with van der Waals surface area (Å²) in [4.78, 5) is 170. The molecule has 9 aliphatic rings. The number of hydrogen-bond acceptors (Lipinski definition) is 12. The largest absolute Gasteiger partial charge is 0.350 e. The maximum atomic E-state index is 14.9. The van der Waals surface area contributed by atoms with Crippen LogP contribution in [0.1, 0.15) is 224 Å². The quantitative estimate of drug-likeness (QED) is 0.0412. The van der Waals surface area contributed by atoms with Crippen molar-refractivity contribution < 1.29 is 57.5 Å². The summed E-state index contributed by atoms with van der Waals surface area (Å²) in [7, 11) is 0. The van der Waals surface area contributed by atoms with Crippen LogP contribution in [-0.4, -0.2) is 191 Å². The molecule has 8 N–H and O–H groups in total. The number of fused-ring (bicyclic) bond motifs is 3. The lowest BCUT2D eigenvalue weighted by molar-refractivity contribution is -0.146. The molecule has 102 heavy (non-hydrogen) atoms. The van der Waals surface area contributed by atoms with Crippen molar-refractivity contribution in [1.82, 2.24) is 62.1 Å². The lowest BCUT2D eigenvalue weighted by atomic mass is 9.70. The number of unbranched alkanes of at least 4 members (excludes halogenated alkanes) is 1. The van der Waals surface area contributed by atoms with Gasteiger partial charge in [0.25, 0.3) is 11.8 Å². The Balaban J connectivity index is 0.000000237. The van der Waals surface area contributed by atoms with Crippen molar-refractivity contribution in [2.45, 2.75) is 280 Å². The van der Waals surface area contributed by atoms with E-state index in [1.807, 2.05) is 89.5 Å². The van der Waals surface area contributed by atoms with E-state index in [4.69, 9.17) is 0 Å². The molecule has 24 nitrogen and oxygen atoms in total. The van der Waals surface area contributed by atoms with Crippen LogP contribution in [0.25, 0.3) is 0 Å². The minimum Gasteiger partial charge on any atom is -0.350 e. The highest BCUT2D eigenvalue weighted by Crippen LogP contribution is 2.66. The average Bonchev–Trinajstić information content (AvgIpc) is 1.53. The van der Waals surface area contributed by atoms with E-state index in [0.29, 0.717) is 97.2 Å². The van der Waals surface area contributed by atoms with Crippen molar-refractivity contribution in [2.75, 3.05) is 45.8 Å². The molecule has 0 aromatic heterocycles. The van der Waals surface area contributed by atoms with Crippen LogP contribution in [0.3, 0.4) is 0 Å². The standard InChI is InChI=1S/C40H60N6O6.C38H62N6O6/c1-8-10-17-28(34(48)36(50)41-9-2)42-35(49)33-31-27(40(31,6)7)22-46(33)37(51)32(26-20-24-15-11-12-16-25(24)21-26)44-38(52)43-29(39(3,4)5)23-45-19-14-13-18-30(45)47;1-8-14-25(30(46)33(48)39-23-16-17-23)40-32(47)29-28-24(37(28,5)6)21-44(29)34(49)31(38(7)18-11-9-12-19-38)42-35(50)41-26(36(2,3)4)22-43-20-13-10-15-27(43)45/h11-12,15-16,26-29,31-33H,8-10,13-14,17-23H2,1-7H3,(H,41,50)(H,42,49)(H2,43,44,52);23-26,28-29,31H,8-22H2,1-7H3,(H,39,48)(H,40,47)(H2,41,42,50)/t27-,28?,29+,31-,32-,33-;24-,25?,26+,28-,29-,31+/m00/s1. The molecule has 4 saturated heterocycles. The van der Waals surface area contributed by atoms with Gasteiger partial charge in [-0.1, -0.05) is 153 Å². The lowest BCUT2D eigenvalue weighted by Crippen LogP contribution is -2.64. The van der Waals surface area contributed by atoms with Gasteiger partial charge in [0.1, 0.15) is 24.2 Å². The van der Waals surface area contributed by atoms with Crippen LogP contribution in [0, 0.1) is 56.7 Å². The van der Waals surface area contributed by atoms with E-state index >= 15 is 0 Å². The lowest BCUT2D eigenvalue weighted by Gasteiger charge is -2.44. The summed E-state index contributed by atoms with van der Waals surface area (Å²) in [6.07, 6.45) is 14.7. The minimum atomic E-state index is -0.998. The zero-order valence-electron chi connectivity index (χ0n) is 63.7. The number of amides is 12. The number of piperidine rings is 4. The second-order valence-corrected chi connectivity index (χ2v) is 34.9. The van der Waals surface area contributed by atoms with Crippen molar-refractivity contribution in [3.8, 4) is 0 Å². The van der Waals surface area contributed by atoms with Gasteiger partial charge in [-0.15, -0.1) is 0 Å². The Bertz CT molecular complexity index is 3270. The third kappa shape index (κ3) is 18.3. The van der Waals surface area contributed by atoms with Gasteiger partial charge in [-0.05, 0) is 152 Å². The molecule has 4 saturated carbocycles. The molecule has 1 aromatic rings. The Morgan fingerprint density at radius 3 is 1.47 bits per heavy atom. The van der Waals surface area contributed by atoms with Gasteiger partial charge in [0.15, 0.2) is 0 Å². The van der Waals surface area contributed by atoms with Crippen LogP contribution in [0.5, 0.6) is 0 Å². The molecule has 12 atom stereocenters. The number of carbonyl (C=O) groups is 12. The van der Waals surface area contributed by atoms with Crippen molar-refractivity contribution in [3.05, 3.63) is 35.4 Å². The fraction of sp³-hybridized carbons (Fsp3) is 0.769. The highest BCUT2D eigenvalue weighted by molar-refractivity contribution is 6.39. The van der Waals surface area contributed by atoms with E-state index in [1.54, 1.807) is 16.7 Å². The first-order chi connectivity index (χ1) is 48.0. The summed E-state index contributed by atoms with van der Waals surface area (Å²) >= 11 is 0. The van der Waals surface area contributed by atoms with E-state index in [9.17, 15) is 57.5 Å². The monoisotopic (exact) mass is 1420 g/mol. The molecule has 10 rings (SSSR count). The molecule has 566 valence electrons. The Labute approximate surface area is 605 Å². The molecule has 12 amide bonds. The first-order valence-corrected chi connectivity index (χ1v) is 38.7. The van der Waals surface area contributed by atoms with Gasteiger partial charge in [0.05, 0.1) is 24.2 Å². The topological polar surface area (TPSA) is 314 Å². The number of nitrogens with zero attached hydrogens (tertiary/aromatic N) is 4. The number of likely N-dealkylation sites (tertiary alicyclic amines) is 4. The molecule has 0 radical (unpaired) electrons. The van der Waals surface area contributed by atoms with Crippen molar-refractivity contribution >= 4 is 70.9 Å². The van der Waals surface area contributed by atoms with Crippen LogP contribution < -0.4 is 42.5 Å². The summed E-state index contributed by atoms with van der Waals surface area (Å²) in [5.74, 6) is -4.28. The molecule has 4 aliphatic heterocycles. The number of hydrogen-bond donors (Lipinski definition) is 8. The average molecular weight is 1420 g/mol. The summed E-state index contributed by atoms with van der Waals surface area (Å²) in [5, 5.41) is 23.5. The predicted molar refractivity (Wildman–Crippen MR) is 387 cm³/mol. The molecule has 24 heteroatoms. The zero-order chi connectivity index (χ0) is 74.6. The Morgan fingerprint density at radius 2 is 1.02 bits per heavy atom. The number of likely N-dealkylation sites (N-methyl/N-ethyl adjacent to an activating group) is 1. The third-order valence-electron chi connectivity index (χ3n) is 24.6. The first kappa shape index (κ1) is 79.0. The van der Waals surface area contributed by atoms with Crippen LogP contribution in [0.2, 0.25) is 0 Å². The van der Waals surface area contributed by atoms with E-state index < -0.39 is 88.9 Å². The van der Waals surface area contributed by atoms with Crippen molar-refractivity contribution in [1.29, 1.82) is 0 Å². The predicted octanol–water partition coefficient (Wildman–Crippen LogP) is 7.03. The van der Waals surface area contributed by atoms with Gasteiger partial charge in [-0.2, -0.15) is 0 Å². The van der Waals surface area contributed by atoms with Gasteiger partial charge in [0.2, 0.25) is 47.0 Å². The molecule has 1 aromatic carbocycles. The van der Waals surface area contributed by atoms with Crippen molar-refractivity contribution in [3.63, 3.8) is 0 Å². The Kier molecular flexibility index (Phi) is 25.2. The molecular weight excluding hydrogens is 1300 g/mol. The number of Topliss-reactive ketones (excluding diaryl/α,β-unsaturated/α-hetero) is 2. The molecule has 2 unspecified atom stereocenters. The number of carbonyl (C=O) groups excluding carboxylic acids is 12. The van der Waals surface area contributed by atoms with E-state index in [2.05, 4.69) is 77.2 Å². The fourth-order valence-corrected chi connectivity index (χ4v) is 17.5. The van der Waals surface area contributed by atoms with Crippen LogP contribution in [0.4, 0.5) is 9.59 Å². The SMILES string of the molecule is CCCC(NC(=O)[C@@H]1[C@@H]2[C@H](CN1C(=O)[C@@H](NC(=O)N[C@H](CN1CCCCC1=O)C(C)(C)C)C1(C)CCCCC1)C2(C)C)C(=O)C(=O)NC1CC1.CCCCC(NC(=O)[C@@H]1[C@@H]2[C@H](CN1C(=O)[C@@H](NC(=O)N[C@H](CN1CCCCC1=O)C(C)(C)C)C1Cc3ccccc3C1)C2(C)C)C(=O)C(=O)NCC. The molecule has 4 heterocycles. The molecular formula is C78H122N12O12. The second kappa shape index (κ2) is 32.5. The van der Waals surface area contributed by atoms with Crippen LogP contribution in [-0.2, 0) is 60.8 Å². The van der Waals surface area contributed by atoms with Gasteiger partial charge in [0, 0.05) is 64.7 Å². The highest BCUT2D eigenvalue weighted by Gasteiger charge is 2.71. The van der Waals surface area contributed by atoms with Crippen molar-refractivity contribution in [2.24, 2.45) is 56.7 Å². The Morgan fingerprint density at radius 1 is 0.549 bits per heavy atom. The molecule has 0 bridgehead atoms.